The van der Waals surface area contributed by atoms with Gasteiger partial charge in [0, 0.05) is 18.7 Å². The highest BCUT2D eigenvalue weighted by atomic mass is 32.2. The number of hydrogen-bond acceptors (Lipinski definition) is 4. The largest absolute Gasteiger partial charge is 0.494 e. The van der Waals surface area contributed by atoms with Gasteiger partial charge in [0.05, 0.1) is 16.8 Å². The van der Waals surface area contributed by atoms with Crippen molar-refractivity contribution >= 4 is 39.2 Å². The number of rotatable bonds is 8. The van der Waals surface area contributed by atoms with Gasteiger partial charge >= 0.3 is 0 Å². The predicted octanol–water partition coefficient (Wildman–Crippen LogP) is 4.08. The van der Waals surface area contributed by atoms with Crippen molar-refractivity contribution in [2.24, 2.45) is 4.99 Å². The van der Waals surface area contributed by atoms with E-state index >= 15 is 0 Å². The number of hydrogen-bond donors (Lipinski definition) is 0. The lowest BCUT2D eigenvalue weighted by Crippen LogP contribution is -2.18. The summed E-state index contributed by atoms with van der Waals surface area (Å²) in [4.78, 5) is 17.2. The third kappa shape index (κ3) is 4.85. The fourth-order valence-electron chi connectivity index (χ4n) is 2.28. The van der Waals surface area contributed by atoms with Crippen LogP contribution in [0, 0.1) is 0 Å². The SMILES string of the molecule is CCCCC(=O)N=c1sc2cc(OCC)ccc2n1CCSC. The van der Waals surface area contributed by atoms with Gasteiger partial charge in [-0.2, -0.15) is 16.8 Å². The van der Waals surface area contributed by atoms with Gasteiger partial charge in [-0.1, -0.05) is 24.7 Å². The number of amides is 1. The maximum atomic E-state index is 12.0. The molecule has 0 aliphatic carbocycles. The van der Waals surface area contributed by atoms with E-state index in [0.717, 1.165) is 45.9 Å². The van der Waals surface area contributed by atoms with Crippen molar-refractivity contribution in [1.29, 1.82) is 0 Å². The molecule has 1 aromatic heterocycles. The van der Waals surface area contributed by atoms with Crippen molar-refractivity contribution in [2.75, 3.05) is 18.6 Å². The third-order valence-corrected chi connectivity index (χ3v) is 5.08. The van der Waals surface area contributed by atoms with Crippen LogP contribution in [-0.4, -0.2) is 29.1 Å². The Hall–Kier alpha value is -1.27. The Morgan fingerprint density at radius 3 is 2.91 bits per heavy atom. The maximum absolute atomic E-state index is 12.0. The summed E-state index contributed by atoms with van der Waals surface area (Å²) in [7, 11) is 0. The van der Waals surface area contributed by atoms with E-state index < -0.39 is 0 Å². The minimum Gasteiger partial charge on any atom is -0.494 e. The normalized spacial score (nSPS) is 12.0. The number of carbonyl (C=O) groups excluding carboxylic acids is 1. The lowest BCUT2D eigenvalue weighted by atomic mass is 10.2. The van der Waals surface area contributed by atoms with E-state index in [4.69, 9.17) is 4.74 Å². The van der Waals surface area contributed by atoms with E-state index in [2.05, 4.69) is 28.8 Å². The summed E-state index contributed by atoms with van der Waals surface area (Å²) >= 11 is 3.36. The average Bonchev–Trinajstić information content (AvgIpc) is 2.87. The van der Waals surface area contributed by atoms with Crippen LogP contribution < -0.4 is 9.54 Å². The number of ether oxygens (including phenoxy) is 1. The van der Waals surface area contributed by atoms with Crippen LogP contribution in [0.2, 0.25) is 0 Å². The van der Waals surface area contributed by atoms with Crippen molar-refractivity contribution in [2.45, 2.75) is 39.7 Å². The topological polar surface area (TPSA) is 43.6 Å². The van der Waals surface area contributed by atoms with Crippen molar-refractivity contribution in [3.63, 3.8) is 0 Å². The van der Waals surface area contributed by atoms with Crippen LogP contribution in [0.3, 0.4) is 0 Å². The molecule has 2 aromatic rings. The number of benzene rings is 1. The molecule has 1 aromatic carbocycles. The van der Waals surface area contributed by atoms with Crippen molar-refractivity contribution in [3.8, 4) is 5.75 Å². The Labute approximate surface area is 145 Å². The monoisotopic (exact) mass is 352 g/mol. The number of nitrogens with zero attached hydrogens (tertiary/aromatic N) is 2. The summed E-state index contributed by atoms with van der Waals surface area (Å²) in [6.07, 6.45) is 4.52. The van der Waals surface area contributed by atoms with Crippen molar-refractivity contribution in [3.05, 3.63) is 23.0 Å². The molecule has 1 heterocycles. The van der Waals surface area contributed by atoms with Crippen LogP contribution in [0.5, 0.6) is 5.75 Å². The molecule has 0 saturated heterocycles. The Balaban J connectivity index is 2.43. The van der Waals surface area contributed by atoms with E-state index in [1.807, 2.05) is 19.1 Å². The lowest BCUT2D eigenvalue weighted by molar-refractivity contribution is -0.118. The van der Waals surface area contributed by atoms with E-state index in [0.29, 0.717) is 13.0 Å². The molecule has 0 bridgehead atoms. The highest BCUT2D eigenvalue weighted by Crippen LogP contribution is 2.23. The second-order valence-corrected chi connectivity index (χ2v) is 7.20. The molecule has 0 aliphatic rings. The third-order valence-electron chi connectivity index (χ3n) is 3.45. The zero-order chi connectivity index (χ0) is 16.7. The second kappa shape index (κ2) is 9.13. The molecule has 0 fully saturated rings. The molecule has 0 spiro atoms. The van der Waals surface area contributed by atoms with Gasteiger partial charge in [-0.15, -0.1) is 0 Å². The molecule has 23 heavy (non-hydrogen) atoms. The predicted molar refractivity (Wildman–Crippen MR) is 99.5 cm³/mol. The van der Waals surface area contributed by atoms with Crippen LogP contribution in [0.4, 0.5) is 0 Å². The summed E-state index contributed by atoms with van der Waals surface area (Å²) in [5, 5.41) is 0. The van der Waals surface area contributed by atoms with Crippen LogP contribution in [-0.2, 0) is 11.3 Å². The van der Waals surface area contributed by atoms with Gasteiger partial charge in [-0.3, -0.25) is 4.79 Å². The summed E-state index contributed by atoms with van der Waals surface area (Å²) in [6, 6.07) is 6.08. The number of carbonyl (C=O) groups is 1. The van der Waals surface area contributed by atoms with Gasteiger partial charge < -0.3 is 9.30 Å². The lowest BCUT2D eigenvalue weighted by Gasteiger charge is -2.05. The summed E-state index contributed by atoms with van der Waals surface area (Å²) in [5.41, 5.74) is 1.12. The first-order valence-corrected chi connectivity index (χ1v) is 10.2. The number of thiazole rings is 1. The van der Waals surface area contributed by atoms with Crippen molar-refractivity contribution < 1.29 is 9.53 Å². The zero-order valence-corrected chi connectivity index (χ0v) is 15.6. The molecule has 0 N–H and O–H groups in total. The first kappa shape index (κ1) is 18.1. The van der Waals surface area contributed by atoms with E-state index in [9.17, 15) is 4.79 Å². The van der Waals surface area contributed by atoms with Gasteiger partial charge in [0.15, 0.2) is 4.80 Å². The summed E-state index contributed by atoms with van der Waals surface area (Å²) in [5.74, 6) is 1.83. The minimum atomic E-state index is -0.0265. The quantitative estimate of drug-likeness (QED) is 0.719. The molecule has 0 aliphatic heterocycles. The molecule has 1 amide bonds. The number of aryl methyl sites for hydroxylation is 1. The molecule has 6 heteroatoms. The smallest absolute Gasteiger partial charge is 0.248 e. The van der Waals surface area contributed by atoms with Crippen LogP contribution in [0.15, 0.2) is 23.2 Å². The van der Waals surface area contributed by atoms with Crippen LogP contribution >= 0.6 is 23.1 Å². The molecular weight excluding hydrogens is 328 g/mol. The second-order valence-electron chi connectivity index (χ2n) is 5.20. The Morgan fingerprint density at radius 2 is 2.22 bits per heavy atom. The van der Waals surface area contributed by atoms with Gasteiger partial charge in [0.1, 0.15) is 5.75 Å². The van der Waals surface area contributed by atoms with E-state index in [1.54, 1.807) is 23.1 Å². The van der Waals surface area contributed by atoms with E-state index in [-0.39, 0.29) is 5.91 Å². The number of thioether (sulfide) groups is 1. The van der Waals surface area contributed by atoms with E-state index in [1.165, 1.54) is 0 Å². The summed E-state index contributed by atoms with van der Waals surface area (Å²) in [6.45, 7) is 5.57. The average molecular weight is 353 g/mol. The molecule has 0 saturated carbocycles. The molecule has 0 radical (unpaired) electrons. The van der Waals surface area contributed by atoms with Gasteiger partial charge in [0.2, 0.25) is 5.91 Å². The van der Waals surface area contributed by atoms with Gasteiger partial charge in [-0.25, -0.2) is 0 Å². The highest BCUT2D eigenvalue weighted by molar-refractivity contribution is 7.98. The molecule has 0 unspecified atom stereocenters. The molecule has 4 nitrogen and oxygen atoms in total. The van der Waals surface area contributed by atoms with Crippen LogP contribution in [0.1, 0.15) is 33.1 Å². The zero-order valence-electron chi connectivity index (χ0n) is 14.0. The van der Waals surface area contributed by atoms with Gasteiger partial charge in [0.25, 0.3) is 0 Å². The van der Waals surface area contributed by atoms with Crippen LogP contribution in [0.25, 0.3) is 10.2 Å². The Kier molecular flexibility index (Phi) is 7.17. The first-order valence-electron chi connectivity index (χ1n) is 8.02. The minimum absolute atomic E-state index is 0.0265. The number of unbranched alkanes of at least 4 members (excludes halogenated alkanes) is 1. The Morgan fingerprint density at radius 1 is 1.39 bits per heavy atom. The molecular formula is C17H24N2O2S2. The number of aromatic nitrogens is 1. The van der Waals surface area contributed by atoms with Gasteiger partial charge in [-0.05, 0) is 37.8 Å². The number of fused-ring (bicyclic) bond motifs is 1. The Bertz CT molecular complexity index is 719. The molecule has 126 valence electrons. The standard InChI is InChI=1S/C17H24N2O2S2/c1-4-6-7-16(20)18-17-19(10-11-22-3)14-9-8-13(21-5-2)12-15(14)23-17/h8-9,12H,4-7,10-11H2,1-3H3. The first-order chi connectivity index (χ1) is 11.2. The summed E-state index contributed by atoms with van der Waals surface area (Å²) < 4.78 is 8.83. The maximum Gasteiger partial charge on any atom is 0.248 e. The van der Waals surface area contributed by atoms with Crippen molar-refractivity contribution in [1.82, 2.24) is 4.57 Å². The fourth-order valence-corrected chi connectivity index (χ4v) is 3.75. The molecule has 0 atom stereocenters. The highest BCUT2D eigenvalue weighted by Gasteiger charge is 2.09. The fraction of sp³-hybridized carbons (Fsp3) is 0.529. The molecule has 2 rings (SSSR count).